The van der Waals surface area contributed by atoms with Gasteiger partial charge in [-0.15, -0.1) is 0 Å². The zero-order valence-electron chi connectivity index (χ0n) is 21.4. The van der Waals surface area contributed by atoms with Crippen molar-refractivity contribution in [2.45, 2.75) is 17.9 Å². The first-order valence-corrected chi connectivity index (χ1v) is 14.1. The van der Waals surface area contributed by atoms with Crippen molar-refractivity contribution in [1.29, 1.82) is 0 Å². The van der Waals surface area contributed by atoms with Crippen molar-refractivity contribution in [3.63, 3.8) is 0 Å². The molecule has 200 valence electrons. The normalized spacial score (nSPS) is 12.7. The Morgan fingerprint density at radius 3 is 2.45 bits per heavy atom. The second-order valence-corrected chi connectivity index (χ2v) is 11.4. The van der Waals surface area contributed by atoms with Gasteiger partial charge in [-0.2, -0.15) is 5.10 Å². The van der Waals surface area contributed by atoms with Gasteiger partial charge in [-0.1, -0.05) is 36.4 Å². The van der Waals surface area contributed by atoms with E-state index in [9.17, 15) is 17.6 Å². The molecule has 3 aromatic heterocycles. The van der Waals surface area contributed by atoms with Crippen molar-refractivity contribution >= 4 is 37.7 Å². The molecule has 0 radical (unpaired) electrons. The summed E-state index contributed by atoms with van der Waals surface area (Å²) in [5.41, 5.74) is 8.30. The van der Waals surface area contributed by atoms with Crippen LogP contribution in [0, 0.1) is 5.82 Å². The monoisotopic (exact) mass is 555 g/mol. The lowest BCUT2D eigenvalue weighted by molar-refractivity contribution is 0.446. The molecule has 1 unspecified atom stereocenters. The Hall–Kier alpha value is -4.90. The average molecular weight is 556 g/mol. The smallest absolute Gasteiger partial charge is 0.200 e. The maximum atomic E-state index is 14.3. The number of sulfone groups is 1. The SMILES string of the molecule is CC(c1oc2ccccc2c(=O)c1-c1cccc(F)c1)n1nc(-c2ccc(S(C)(=O)=O)cc2)c2c(N)ncnc21. The van der Waals surface area contributed by atoms with Crippen molar-refractivity contribution in [1.82, 2.24) is 19.7 Å². The summed E-state index contributed by atoms with van der Waals surface area (Å²) in [4.78, 5) is 22.5. The predicted molar refractivity (Wildman–Crippen MR) is 150 cm³/mol. The van der Waals surface area contributed by atoms with Crippen molar-refractivity contribution in [2.75, 3.05) is 12.0 Å². The molecule has 6 aromatic rings. The molecule has 1 atom stereocenters. The van der Waals surface area contributed by atoms with Gasteiger partial charge in [-0.25, -0.2) is 27.5 Å². The fourth-order valence-electron chi connectivity index (χ4n) is 4.81. The Kier molecular flexibility index (Phi) is 5.95. The van der Waals surface area contributed by atoms with E-state index in [-0.39, 0.29) is 27.5 Å². The molecule has 0 amide bonds. The summed E-state index contributed by atoms with van der Waals surface area (Å²) < 4.78 is 46.1. The summed E-state index contributed by atoms with van der Waals surface area (Å²) in [5.74, 6) is -0.0562. The Morgan fingerprint density at radius 1 is 0.975 bits per heavy atom. The molecule has 0 aliphatic rings. The van der Waals surface area contributed by atoms with Gasteiger partial charge >= 0.3 is 0 Å². The maximum Gasteiger partial charge on any atom is 0.200 e. The molecule has 2 N–H and O–H groups in total. The van der Waals surface area contributed by atoms with Gasteiger partial charge in [0.05, 0.1) is 21.2 Å². The van der Waals surface area contributed by atoms with E-state index in [0.717, 1.165) is 6.26 Å². The number of aromatic nitrogens is 4. The van der Waals surface area contributed by atoms with Gasteiger partial charge < -0.3 is 10.2 Å². The lowest BCUT2D eigenvalue weighted by Crippen LogP contribution is -2.16. The molecule has 0 spiro atoms. The molecule has 9 nitrogen and oxygen atoms in total. The predicted octanol–water partition coefficient (Wildman–Crippen LogP) is 5.00. The number of rotatable bonds is 5. The summed E-state index contributed by atoms with van der Waals surface area (Å²) in [6.07, 6.45) is 2.44. The van der Waals surface area contributed by atoms with Crippen LogP contribution in [0.15, 0.2) is 93.2 Å². The molecule has 0 fully saturated rings. The second kappa shape index (κ2) is 9.38. The number of hydrogen-bond acceptors (Lipinski definition) is 8. The first kappa shape index (κ1) is 25.4. The molecule has 0 saturated carbocycles. The topological polar surface area (TPSA) is 134 Å². The van der Waals surface area contributed by atoms with Crippen LogP contribution in [0.4, 0.5) is 10.2 Å². The van der Waals surface area contributed by atoms with Gasteiger partial charge in [-0.05, 0) is 48.9 Å². The van der Waals surface area contributed by atoms with Crippen LogP contribution < -0.4 is 11.2 Å². The first-order chi connectivity index (χ1) is 19.1. The van der Waals surface area contributed by atoms with Crippen LogP contribution in [-0.4, -0.2) is 34.4 Å². The lowest BCUT2D eigenvalue weighted by atomic mass is 9.99. The van der Waals surface area contributed by atoms with Gasteiger partial charge in [0.15, 0.2) is 15.5 Å². The minimum Gasteiger partial charge on any atom is -0.458 e. The molecule has 3 heterocycles. The van der Waals surface area contributed by atoms with Crippen LogP contribution >= 0.6 is 0 Å². The number of anilines is 1. The fourth-order valence-corrected chi connectivity index (χ4v) is 5.44. The third-order valence-electron chi connectivity index (χ3n) is 6.76. The fraction of sp³-hybridized carbons (Fsp3) is 0.103. The van der Waals surface area contributed by atoms with E-state index in [1.54, 1.807) is 54.1 Å². The number of hydrogen-bond donors (Lipinski definition) is 1. The average Bonchev–Trinajstić information content (AvgIpc) is 3.33. The number of halogens is 1. The molecule has 0 bridgehead atoms. The Bertz CT molecular complexity index is 2100. The summed E-state index contributed by atoms with van der Waals surface area (Å²) >= 11 is 0. The van der Waals surface area contributed by atoms with Crippen LogP contribution in [0.2, 0.25) is 0 Å². The van der Waals surface area contributed by atoms with Crippen LogP contribution in [0.3, 0.4) is 0 Å². The van der Waals surface area contributed by atoms with Crippen molar-refractivity contribution in [3.8, 4) is 22.4 Å². The Morgan fingerprint density at radius 2 is 1.73 bits per heavy atom. The molecule has 0 saturated heterocycles. The van der Waals surface area contributed by atoms with Gasteiger partial charge in [0.25, 0.3) is 0 Å². The molecule has 3 aromatic carbocycles. The third-order valence-corrected chi connectivity index (χ3v) is 7.89. The van der Waals surface area contributed by atoms with E-state index < -0.39 is 21.7 Å². The Labute approximate surface area is 227 Å². The highest BCUT2D eigenvalue weighted by Gasteiger charge is 2.27. The second-order valence-electron chi connectivity index (χ2n) is 9.40. The zero-order valence-corrected chi connectivity index (χ0v) is 22.2. The lowest BCUT2D eigenvalue weighted by Gasteiger charge is -2.17. The Balaban J connectivity index is 1.61. The summed E-state index contributed by atoms with van der Waals surface area (Å²) in [6, 6.07) is 18.2. The number of nitrogen functional groups attached to an aromatic ring is 1. The molecular weight excluding hydrogens is 533 g/mol. The van der Waals surface area contributed by atoms with Crippen LogP contribution in [0.5, 0.6) is 0 Å². The van der Waals surface area contributed by atoms with Gasteiger partial charge in [-0.3, -0.25) is 4.79 Å². The quantitative estimate of drug-likeness (QED) is 0.314. The zero-order chi connectivity index (χ0) is 28.2. The number of para-hydroxylation sites is 1. The highest BCUT2D eigenvalue weighted by molar-refractivity contribution is 7.90. The van der Waals surface area contributed by atoms with E-state index in [1.165, 1.54) is 36.7 Å². The summed E-state index contributed by atoms with van der Waals surface area (Å²) in [7, 11) is -3.40. The van der Waals surface area contributed by atoms with Crippen molar-refractivity contribution in [2.24, 2.45) is 0 Å². The summed E-state index contributed by atoms with van der Waals surface area (Å²) in [6.45, 7) is 1.79. The highest BCUT2D eigenvalue weighted by atomic mass is 32.2. The van der Waals surface area contributed by atoms with Crippen LogP contribution in [-0.2, 0) is 9.84 Å². The molecular formula is C29H22FN5O4S. The van der Waals surface area contributed by atoms with Crippen LogP contribution in [0.25, 0.3) is 44.4 Å². The van der Waals surface area contributed by atoms with E-state index in [2.05, 4.69) is 9.97 Å². The van der Waals surface area contributed by atoms with Gasteiger partial charge in [0.2, 0.25) is 5.43 Å². The molecule has 6 rings (SSSR count). The first-order valence-electron chi connectivity index (χ1n) is 12.2. The van der Waals surface area contributed by atoms with Crippen molar-refractivity contribution in [3.05, 3.63) is 101 Å². The summed E-state index contributed by atoms with van der Waals surface area (Å²) in [5, 5.41) is 5.62. The molecule has 40 heavy (non-hydrogen) atoms. The minimum absolute atomic E-state index is 0.162. The van der Waals surface area contributed by atoms with E-state index in [4.69, 9.17) is 15.2 Å². The van der Waals surface area contributed by atoms with Crippen molar-refractivity contribution < 1.29 is 17.2 Å². The maximum absolute atomic E-state index is 14.3. The molecule has 11 heteroatoms. The number of fused-ring (bicyclic) bond motifs is 2. The number of nitrogens with zero attached hydrogens (tertiary/aromatic N) is 4. The van der Waals surface area contributed by atoms with E-state index >= 15 is 0 Å². The standard InChI is InChI=1S/C29H22FN5O4S/c1-16(27-23(18-6-5-7-19(30)14-18)26(36)21-8-3-4-9-22(21)39-27)35-29-24(28(31)32-15-33-29)25(34-35)17-10-12-20(13-11-17)40(2,37)38/h3-16H,1-2H3,(H2,31,32,33). The third kappa shape index (κ3) is 4.20. The molecule has 0 aliphatic carbocycles. The highest BCUT2D eigenvalue weighted by Crippen LogP contribution is 2.36. The van der Waals surface area contributed by atoms with Gasteiger partial charge in [0, 0.05) is 11.8 Å². The number of nitrogens with two attached hydrogens (primary N) is 1. The number of benzene rings is 3. The minimum atomic E-state index is -3.40. The van der Waals surface area contributed by atoms with E-state index in [1.807, 2.05) is 0 Å². The van der Waals surface area contributed by atoms with E-state index in [0.29, 0.717) is 38.8 Å². The van der Waals surface area contributed by atoms with Crippen LogP contribution in [0.1, 0.15) is 18.7 Å². The largest absolute Gasteiger partial charge is 0.458 e. The molecule has 0 aliphatic heterocycles. The van der Waals surface area contributed by atoms with Gasteiger partial charge in [0.1, 0.15) is 41.0 Å².